The Balaban J connectivity index is 1.92. The molecule has 0 aromatic heterocycles. The Morgan fingerprint density at radius 2 is 1.55 bits per heavy atom. The SMILES string of the molecule is CC(C)(C)c1ccc(C2(O)CC3CCCC(C2)S3(=O)=O)cc1. The molecule has 0 spiro atoms. The lowest BCUT2D eigenvalue weighted by Crippen LogP contribution is -2.50. The minimum atomic E-state index is -3.04. The van der Waals surface area contributed by atoms with Crippen molar-refractivity contribution in [2.75, 3.05) is 0 Å². The van der Waals surface area contributed by atoms with Gasteiger partial charge in [-0.2, -0.15) is 0 Å². The lowest BCUT2D eigenvalue weighted by atomic mass is 9.79. The summed E-state index contributed by atoms with van der Waals surface area (Å²) in [4.78, 5) is 0. The van der Waals surface area contributed by atoms with E-state index in [4.69, 9.17) is 0 Å². The molecule has 1 aromatic rings. The van der Waals surface area contributed by atoms with Crippen LogP contribution in [0, 0.1) is 0 Å². The van der Waals surface area contributed by atoms with Crippen LogP contribution < -0.4 is 0 Å². The van der Waals surface area contributed by atoms with Crippen LogP contribution in [-0.2, 0) is 20.9 Å². The molecule has 22 heavy (non-hydrogen) atoms. The number of sulfone groups is 1. The predicted octanol–water partition coefficient (Wildman–Crippen LogP) is 3.30. The molecule has 122 valence electrons. The minimum Gasteiger partial charge on any atom is -0.385 e. The van der Waals surface area contributed by atoms with E-state index in [0.29, 0.717) is 25.7 Å². The number of fused-ring (bicyclic) bond motifs is 2. The Morgan fingerprint density at radius 3 is 2.00 bits per heavy atom. The second-order valence-electron chi connectivity index (χ2n) is 8.03. The van der Waals surface area contributed by atoms with Crippen LogP contribution in [0.2, 0.25) is 0 Å². The van der Waals surface area contributed by atoms with Crippen molar-refractivity contribution in [3.8, 4) is 0 Å². The first-order chi connectivity index (χ1) is 10.1. The number of rotatable bonds is 1. The molecule has 1 N–H and O–H groups in total. The molecule has 2 fully saturated rings. The molecule has 2 aliphatic heterocycles. The maximum atomic E-state index is 12.4. The van der Waals surface area contributed by atoms with E-state index >= 15 is 0 Å². The van der Waals surface area contributed by atoms with E-state index < -0.39 is 15.4 Å². The average molecular weight is 322 g/mol. The molecule has 1 aromatic carbocycles. The van der Waals surface area contributed by atoms with Crippen molar-refractivity contribution in [2.45, 2.75) is 74.4 Å². The number of benzene rings is 1. The molecule has 0 saturated carbocycles. The van der Waals surface area contributed by atoms with Gasteiger partial charge in [-0.05, 0) is 42.2 Å². The van der Waals surface area contributed by atoms with Gasteiger partial charge in [0.1, 0.15) is 0 Å². The molecule has 3 rings (SSSR count). The molecule has 0 aliphatic carbocycles. The van der Waals surface area contributed by atoms with E-state index in [1.54, 1.807) is 0 Å². The van der Waals surface area contributed by atoms with Crippen molar-refractivity contribution >= 4 is 9.84 Å². The van der Waals surface area contributed by atoms with E-state index in [-0.39, 0.29) is 15.9 Å². The van der Waals surface area contributed by atoms with E-state index in [0.717, 1.165) is 12.0 Å². The van der Waals surface area contributed by atoms with Crippen LogP contribution >= 0.6 is 0 Å². The fourth-order valence-corrected chi connectivity index (χ4v) is 6.51. The first-order valence-electron chi connectivity index (χ1n) is 8.19. The lowest BCUT2D eigenvalue weighted by molar-refractivity contribution is 0.00498. The van der Waals surface area contributed by atoms with Gasteiger partial charge in [-0.3, -0.25) is 0 Å². The van der Waals surface area contributed by atoms with Crippen LogP contribution in [0.4, 0.5) is 0 Å². The molecule has 0 radical (unpaired) electrons. The number of hydrogen-bond donors (Lipinski definition) is 1. The largest absolute Gasteiger partial charge is 0.385 e. The van der Waals surface area contributed by atoms with Gasteiger partial charge in [0, 0.05) is 0 Å². The molecule has 2 saturated heterocycles. The molecule has 3 nitrogen and oxygen atoms in total. The molecule has 4 heteroatoms. The first-order valence-corrected chi connectivity index (χ1v) is 9.80. The van der Waals surface area contributed by atoms with Crippen molar-refractivity contribution in [2.24, 2.45) is 0 Å². The van der Waals surface area contributed by atoms with Crippen LogP contribution in [0.1, 0.15) is 64.0 Å². The quantitative estimate of drug-likeness (QED) is 0.863. The summed E-state index contributed by atoms with van der Waals surface area (Å²) in [6.45, 7) is 6.48. The van der Waals surface area contributed by atoms with Gasteiger partial charge in [-0.15, -0.1) is 0 Å². The zero-order valence-electron chi connectivity index (χ0n) is 13.7. The monoisotopic (exact) mass is 322 g/mol. The van der Waals surface area contributed by atoms with Crippen LogP contribution in [0.25, 0.3) is 0 Å². The van der Waals surface area contributed by atoms with Crippen LogP contribution in [0.5, 0.6) is 0 Å². The third kappa shape index (κ3) is 2.61. The summed E-state index contributed by atoms with van der Waals surface area (Å²) >= 11 is 0. The minimum absolute atomic E-state index is 0.0769. The Bertz CT molecular complexity index is 633. The van der Waals surface area contributed by atoms with Crippen molar-refractivity contribution in [1.82, 2.24) is 0 Å². The van der Waals surface area contributed by atoms with Gasteiger partial charge in [-0.1, -0.05) is 51.5 Å². The molecule has 2 heterocycles. The van der Waals surface area contributed by atoms with Crippen molar-refractivity contribution < 1.29 is 13.5 Å². The van der Waals surface area contributed by atoms with E-state index in [9.17, 15) is 13.5 Å². The summed E-state index contributed by atoms with van der Waals surface area (Å²) < 4.78 is 24.8. The lowest BCUT2D eigenvalue weighted by Gasteiger charge is -2.44. The summed E-state index contributed by atoms with van der Waals surface area (Å²) in [5, 5.41) is 10.4. The zero-order valence-corrected chi connectivity index (χ0v) is 14.5. The van der Waals surface area contributed by atoms with E-state index in [1.165, 1.54) is 5.56 Å². The van der Waals surface area contributed by atoms with Crippen molar-refractivity contribution in [3.05, 3.63) is 35.4 Å². The molecule has 2 unspecified atom stereocenters. The third-order valence-corrected chi connectivity index (χ3v) is 8.06. The van der Waals surface area contributed by atoms with Crippen LogP contribution in [0.3, 0.4) is 0 Å². The zero-order chi connectivity index (χ0) is 16.2. The van der Waals surface area contributed by atoms with Gasteiger partial charge in [0.25, 0.3) is 0 Å². The highest BCUT2D eigenvalue weighted by Crippen LogP contribution is 2.46. The van der Waals surface area contributed by atoms with Gasteiger partial charge < -0.3 is 5.11 Å². The molecular weight excluding hydrogens is 296 g/mol. The molecule has 2 atom stereocenters. The maximum absolute atomic E-state index is 12.4. The van der Waals surface area contributed by atoms with Gasteiger partial charge in [0.05, 0.1) is 16.1 Å². The second-order valence-corrected chi connectivity index (χ2v) is 10.5. The topological polar surface area (TPSA) is 54.4 Å². The Hall–Kier alpha value is -0.870. The van der Waals surface area contributed by atoms with Crippen molar-refractivity contribution in [3.63, 3.8) is 0 Å². The Kier molecular flexibility index (Phi) is 3.69. The molecule has 2 aliphatic rings. The maximum Gasteiger partial charge on any atom is 0.156 e. The number of hydrogen-bond acceptors (Lipinski definition) is 3. The summed E-state index contributed by atoms with van der Waals surface area (Å²) in [6.07, 6.45) is 3.05. The average Bonchev–Trinajstić information content (AvgIpc) is 2.40. The van der Waals surface area contributed by atoms with E-state index in [1.807, 2.05) is 12.1 Å². The fraction of sp³-hybridized carbons (Fsp3) is 0.667. The predicted molar refractivity (Wildman–Crippen MR) is 88.6 cm³/mol. The normalized spacial score (nSPS) is 34.4. The number of aliphatic hydroxyl groups is 1. The van der Waals surface area contributed by atoms with Gasteiger partial charge in [-0.25, -0.2) is 8.42 Å². The summed E-state index contributed by atoms with van der Waals surface area (Å²) in [7, 11) is -3.04. The summed E-state index contributed by atoms with van der Waals surface area (Å²) in [5.41, 5.74) is 1.18. The molecule has 0 amide bonds. The van der Waals surface area contributed by atoms with Gasteiger partial charge in [0.2, 0.25) is 0 Å². The fourth-order valence-electron chi connectivity index (χ4n) is 3.96. The smallest absolute Gasteiger partial charge is 0.156 e. The van der Waals surface area contributed by atoms with Gasteiger partial charge >= 0.3 is 0 Å². The molecule has 2 bridgehead atoms. The highest BCUT2D eigenvalue weighted by atomic mass is 32.2. The third-order valence-electron chi connectivity index (χ3n) is 5.40. The Morgan fingerprint density at radius 1 is 1.05 bits per heavy atom. The van der Waals surface area contributed by atoms with Crippen LogP contribution in [0.15, 0.2) is 24.3 Å². The summed E-state index contributed by atoms with van der Waals surface area (Å²) in [5.74, 6) is 0. The standard InChI is InChI=1S/C18H26O3S/c1-17(2,3)13-7-9-14(10-8-13)18(19)11-15-5-4-6-16(12-18)22(15,20)21/h7-10,15-16,19H,4-6,11-12H2,1-3H3. The summed E-state index contributed by atoms with van der Waals surface area (Å²) in [6, 6.07) is 8.08. The first kappa shape index (κ1) is 16.0. The highest BCUT2D eigenvalue weighted by Gasteiger charge is 2.50. The van der Waals surface area contributed by atoms with Crippen molar-refractivity contribution in [1.29, 1.82) is 0 Å². The van der Waals surface area contributed by atoms with Gasteiger partial charge in [0.15, 0.2) is 9.84 Å². The second kappa shape index (κ2) is 5.07. The van der Waals surface area contributed by atoms with Crippen LogP contribution in [-0.4, -0.2) is 24.0 Å². The Labute approximate surface area is 133 Å². The highest BCUT2D eigenvalue weighted by molar-refractivity contribution is 7.92. The van der Waals surface area contributed by atoms with E-state index in [2.05, 4.69) is 32.9 Å². The molecular formula is C18H26O3S.